The Hall–Kier alpha value is -2.31. The fourth-order valence-corrected chi connectivity index (χ4v) is 3.64. The molecule has 4 nitrogen and oxygen atoms in total. The van der Waals surface area contributed by atoms with Gasteiger partial charge in [-0.3, -0.25) is 14.5 Å². The van der Waals surface area contributed by atoms with E-state index in [-0.39, 0.29) is 11.6 Å². The van der Waals surface area contributed by atoms with E-state index in [0.717, 1.165) is 28.3 Å². The number of imide groups is 1. The summed E-state index contributed by atoms with van der Waals surface area (Å²) >= 11 is 6.89. The second-order valence-electron chi connectivity index (χ2n) is 6.75. The largest absolute Gasteiger partial charge is 0.493 e. The average molecular weight is 420 g/mol. The molecule has 28 heavy (non-hydrogen) atoms. The number of nitrogens with zero attached hydrogens (tertiary/aromatic N) is 1. The quantitative estimate of drug-likeness (QED) is 0.559. The van der Waals surface area contributed by atoms with Gasteiger partial charge in [-0.1, -0.05) is 49.7 Å². The first-order chi connectivity index (χ1) is 13.3. The van der Waals surface area contributed by atoms with Crippen molar-refractivity contribution < 1.29 is 18.7 Å². The number of halogens is 2. The van der Waals surface area contributed by atoms with Gasteiger partial charge >= 0.3 is 0 Å². The van der Waals surface area contributed by atoms with Crippen LogP contribution in [0.1, 0.15) is 25.0 Å². The minimum atomic E-state index is -0.471. The third-order valence-corrected chi connectivity index (χ3v) is 5.25. The van der Waals surface area contributed by atoms with E-state index >= 15 is 0 Å². The number of rotatable bonds is 6. The van der Waals surface area contributed by atoms with Crippen molar-refractivity contribution in [1.29, 1.82) is 0 Å². The van der Waals surface area contributed by atoms with Crippen molar-refractivity contribution >= 4 is 40.6 Å². The molecule has 0 unspecified atom stereocenters. The zero-order valence-corrected chi connectivity index (χ0v) is 17.0. The zero-order chi connectivity index (χ0) is 20.3. The standard InChI is InChI=1S/C21H19ClFNO3S/c1-13(2)12-27-18-6-4-3-5-14(18)9-19-20(25)24(21(26)28-19)11-15-7-8-16(23)10-17(15)22/h3-10,13H,11-12H2,1-2H3/b19-9+. The summed E-state index contributed by atoms with van der Waals surface area (Å²) in [5, 5.41) is -0.215. The first-order valence-electron chi connectivity index (χ1n) is 8.76. The van der Waals surface area contributed by atoms with Gasteiger partial charge in [-0.25, -0.2) is 4.39 Å². The number of carbonyl (C=O) groups excluding carboxylic acids is 2. The first-order valence-corrected chi connectivity index (χ1v) is 9.95. The molecule has 146 valence electrons. The van der Waals surface area contributed by atoms with Gasteiger partial charge < -0.3 is 4.74 Å². The maximum Gasteiger partial charge on any atom is 0.293 e. The number of hydrogen-bond acceptors (Lipinski definition) is 4. The molecule has 0 aliphatic carbocycles. The SMILES string of the molecule is CC(C)COc1ccccc1/C=C1/SC(=O)N(Cc2ccc(F)cc2Cl)C1=O. The van der Waals surface area contributed by atoms with Crippen molar-refractivity contribution in [3.8, 4) is 5.75 Å². The normalized spacial score (nSPS) is 15.8. The predicted molar refractivity (Wildman–Crippen MR) is 110 cm³/mol. The van der Waals surface area contributed by atoms with Crippen molar-refractivity contribution in [2.45, 2.75) is 20.4 Å². The summed E-state index contributed by atoms with van der Waals surface area (Å²) in [5.41, 5.74) is 1.24. The lowest BCUT2D eigenvalue weighted by atomic mass is 10.1. The number of carbonyl (C=O) groups is 2. The van der Waals surface area contributed by atoms with Gasteiger partial charge in [-0.2, -0.15) is 0 Å². The van der Waals surface area contributed by atoms with Crippen molar-refractivity contribution in [2.24, 2.45) is 5.92 Å². The lowest BCUT2D eigenvalue weighted by Crippen LogP contribution is -2.27. The van der Waals surface area contributed by atoms with Crippen molar-refractivity contribution in [3.05, 3.63) is 69.3 Å². The Morgan fingerprint density at radius 1 is 1.21 bits per heavy atom. The van der Waals surface area contributed by atoms with E-state index in [2.05, 4.69) is 13.8 Å². The summed E-state index contributed by atoms with van der Waals surface area (Å²) < 4.78 is 19.0. The molecule has 0 atom stereocenters. The third kappa shape index (κ3) is 4.75. The molecule has 0 saturated carbocycles. The van der Waals surface area contributed by atoms with Gasteiger partial charge in [0, 0.05) is 10.6 Å². The summed E-state index contributed by atoms with van der Waals surface area (Å²) in [4.78, 5) is 26.5. The molecule has 2 amide bonds. The highest BCUT2D eigenvalue weighted by molar-refractivity contribution is 8.18. The van der Waals surface area contributed by atoms with Gasteiger partial charge in [0.05, 0.1) is 18.1 Å². The number of hydrogen-bond donors (Lipinski definition) is 0. The minimum Gasteiger partial charge on any atom is -0.493 e. The molecule has 1 aliphatic rings. The van der Waals surface area contributed by atoms with Crippen molar-refractivity contribution in [1.82, 2.24) is 4.90 Å². The van der Waals surface area contributed by atoms with E-state index in [0.29, 0.717) is 28.7 Å². The van der Waals surface area contributed by atoms with Crippen LogP contribution >= 0.6 is 23.4 Å². The predicted octanol–water partition coefficient (Wildman–Crippen LogP) is 5.75. The van der Waals surface area contributed by atoms with Gasteiger partial charge in [-0.15, -0.1) is 0 Å². The van der Waals surface area contributed by atoms with E-state index in [1.165, 1.54) is 12.1 Å². The Morgan fingerprint density at radius 3 is 2.68 bits per heavy atom. The summed E-state index contributed by atoms with van der Waals surface area (Å²) in [5.74, 6) is 0.139. The van der Waals surface area contributed by atoms with Gasteiger partial charge in [-0.05, 0) is 47.5 Å². The lowest BCUT2D eigenvalue weighted by molar-refractivity contribution is -0.123. The Bertz CT molecular complexity index is 945. The van der Waals surface area contributed by atoms with E-state index < -0.39 is 17.0 Å². The molecule has 1 fully saturated rings. The molecule has 7 heteroatoms. The van der Waals surface area contributed by atoms with E-state index in [1.807, 2.05) is 24.3 Å². The molecule has 0 bridgehead atoms. The molecule has 3 rings (SSSR count). The topological polar surface area (TPSA) is 46.6 Å². The monoisotopic (exact) mass is 419 g/mol. The van der Waals surface area contributed by atoms with Gasteiger partial charge in [0.15, 0.2) is 0 Å². The molecule has 0 spiro atoms. The molecule has 1 aliphatic heterocycles. The third-order valence-electron chi connectivity index (χ3n) is 3.99. The summed E-state index contributed by atoms with van der Waals surface area (Å²) in [6.07, 6.45) is 1.66. The molecule has 0 aromatic heterocycles. The summed E-state index contributed by atoms with van der Waals surface area (Å²) in [6, 6.07) is 11.2. The summed E-state index contributed by atoms with van der Waals surface area (Å²) in [6.45, 7) is 4.64. The Kier molecular flexibility index (Phi) is 6.42. The maximum absolute atomic E-state index is 13.2. The average Bonchev–Trinajstić information content (AvgIpc) is 2.90. The van der Waals surface area contributed by atoms with E-state index in [1.54, 1.807) is 6.08 Å². The lowest BCUT2D eigenvalue weighted by Gasteiger charge is -2.13. The van der Waals surface area contributed by atoms with Crippen LogP contribution in [-0.4, -0.2) is 22.7 Å². The highest BCUT2D eigenvalue weighted by Gasteiger charge is 2.35. The van der Waals surface area contributed by atoms with Crippen molar-refractivity contribution in [3.63, 3.8) is 0 Å². The number of amides is 2. The van der Waals surface area contributed by atoms with Gasteiger partial charge in [0.1, 0.15) is 11.6 Å². The van der Waals surface area contributed by atoms with Crippen LogP contribution in [0.2, 0.25) is 5.02 Å². The van der Waals surface area contributed by atoms with Crippen LogP contribution < -0.4 is 4.74 Å². The van der Waals surface area contributed by atoms with Crippen LogP contribution in [0.4, 0.5) is 9.18 Å². The number of benzene rings is 2. The maximum atomic E-state index is 13.2. The van der Waals surface area contributed by atoms with Crippen LogP contribution in [0.3, 0.4) is 0 Å². The Labute approximate surface area is 172 Å². The molecule has 2 aromatic carbocycles. The second kappa shape index (κ2) is 8.80. The van der Waals surface area contributed by atoms with Gasteiger partial charge in [0.25, 0.3) is 11.1 Å². The van der Waals surface area contributed by atoms with Crippen LogP contribution in [-0.2, 0) is 11.3 Å². The van der Waals surface area contributed by atoms with E-state index in [9.17, 15) is 14.0 Å². The highest BCUT2D eigenvalue weighted by Crippen LogP contribution is 2.35. The highest BCUT2D eigenvalue weighted by atomic mass is 35.5. The molecule has 2 aromatic rings. The van der Waals surface area contributed by atoms with Crippen LogP contribution in [0, 0.1) is 11.7 Å². The number of para-hydroxylation sites is 1. The number of thioether (sulfide) groups is 1. The molecular weight excluding hydrogens is 401 g/mol. The molecule has 0 N–H and O–H groups in total. The van der Waals surface area contributed by atoms with E-state index in [4.69, 9.17) is 16.3 Å². The second-order valence-corrected chi connectivity index (χ2v) is 8.15. The fourth-order valence-electron chi connectivity index (χ4n) is 2.59. The Balaban J connectivity index is 1.82. The molecular formula is C21H19ClFNO3S. The van der Waals surface area contributed by atoms with Crippen LogP contribution in [0.5, 0.6) is 5.75 Å². The molecule has 1 saturated heterocycles. The fraction of sp³-hybridized carbons (Fsp3) is 0.238. The van der Waals surface area contributed by atoms with Crippen LogP contribution in [0.25, 0.3) is 6.08 Å². The summed E-state index contributed by atoms with van der Waals surface area (Å²) in [7, 11) is 0. The van der Waals surface area contributed by atoms with Crippen molar-refractivity contribution in [2.75, 3.05) is 6.61 Å². The minimum absolute atomic E-state index is 0.00733. The van der Waals surface area contributed by atoms with Crippen LogP contribution in [0.15, 0.2) is 47.4 Å². The first kappa shape index (κ1) is 20.4. The zero-order valence-electron chi connectivity index (χ0n) is 15.4. The molecule has 0 radical (unpaired) electrons. The Morgan fingerprint density at radius 2 is 1.96 bits per heavy atom. The van der Waals surface area contributed by atoms with Gasteiger partial charge in [0.2, 0.25) is 0 Å². The number of ether oxygens (including phenoxy) is 1. The smallest absolute Gasteiger partial charge is 0.293 e. The molecule has 1 heterocycles.